The first kappa shape index (κ1) is 18.8. The number of methoxy groups -OCH3 is 2. The van der Waals surface area contributed by atoms with Crippen molar-refractivity contribution in [2.24, 2.45) is 5.92 Å². The summed E-state index contributed by atoms with van der Waals surface area (Å²) in [6.45, 7) is 5.77. The molecule has 2 bridgehead atoms. The van der Waals surface area contributed by atoms with Gasteiger partial charge in [-0.3, -0.25) is 4.79 Å². The van der Waals surface area contributed by atoms with E-state index in [1.54, 1.807) is 14.2 Å². The van der Waals surface area contributed by atoms with Gasteiger partial charge in [-0.1, -0.05) is 13.0 Å². The maximum atomic E-state index is 13.0. The number of carbonyl (C=O) groups is 1. The Kier molecular flexibility index (Phi) is 4.51. The molecule has 1 aliphatic heterocycles. The molecule has 0 N–H and O–H groups in total. The molecular formula is C22H31NO4. The van der Waals surface area contributed by atoms with Crippen LogP contribution in [0.5, 0.6) is 11.5 Å². The van der Waals surface area contributed by atoms with E-state index in [9.17, 15) is 4.79 Å². The molecule has 0 amide bonds. The number of nitrogens with zero attached hydrogens (tertiary/aromatic N) is 1. The molecule has 1 saturated carbocycles. The highest BCUT2D eigenvalue weighted by Crippen LogP contribution is 2.63. The van der Waals surface area contributed by atoms with Crippen LogP contribution in [0, 0.1) is 5.92 Å². The second-order valence-corrected chi connectivity index (χ2v) is 8.27. The van der Waals surface area contributed by atoms with E-state index in [2.05, 4.69) is 31.9 Å². The monoisotopic (exact) mass is 373 g/mol. The third kappa shape index (κ3) is 2.21. The number of benzene rings is 1. The van der Waals surface area contributed by atoms with E-state index in [-0.39, 0.29) is 23.0 Å². The van der Waals surface area contributed by atoms with Crippen molar-refractivity contribution in [2.75, 3.05) is 34.4 Å². The minimum absolute atomic E-state index is 0.103. The lowest BCUT2D eigenvalue weighted by Crippen LogP contribution is -2.75. The van der Waals surface area contributed by atoms with Gasteiger partial charge in [-0.05, 0) is 51.4 Å². The topological polar surface area (TPSA) is 48.0 Å². The van der Waals surface area contributed by atoms with Crippen molar-refractivity contribution in [3.05, 3.63) is 23.3 Å². The average molecular weight is 373 g/mol. The average Bonchev–Trinajstić information content (AvgIpc) is 2.67. The Morgan fingerprint density at radius 1 is 1.22 bits per heavy atom. The number of likely N-dealkylation sites (tertiary alicyclic amines) is 1. The number of hydrogen-bond acceptors (Lipinski definition) is 5. The van der Waals surface area contributed by atoms with Crippen molar-refractivity contribution in [1.82, 2.24) is 4.90 Å². The highest BCUT2D eigenvalue weighted by atomic mass is 16.5. The van der Waals surface area contributed by atoms with Crippen molar-refractivity contribution < 1.29 is 19.0 Å². The van der Waals surface area contributed by atoms with Gasteiger partial charge in [-0.15, -0.1) is 0 Å². The second kappa shape index (κ2) is 6.49. The van der Waals surface area contributed by atoms with Crippen LogP contribution in [0.4, 0.5) is 0 Å². The molecule has 2 aliphatic carbocycles. The van der Waals surface area contributed by atoms with Gasteiger partial charge in [-0.25, -0.2) is 0 Å². The first-order chi connectivity index (χ1) is 13.0. The minimum atomic E-state index is -0.372. The fourth-order valence-corrected chi connectivity index (χ4v) is 6.41. The smallest absolute Gasteiger partial charge is 0.164 e. The molecular weight excluding hydrogens is 342 g/mol. The van der Waals surface area contributed by atoms with E-state index in [4.69, 9.17) is 14.2 Å². The minimum Gasteiger partial charge on any atom is -0.493 e. The molecule has 1 heterocycles. The molecule has 27 heavy (non-hydrogen) atoms. The highest BCUT2D eigenvalue weighted by molar-refractivity contribution is 5.85. The van der Waals surface area contributed by atoms with Crippen molar-refractivity contribution >= 4 is 5.78 Å². The standard InChI is InChI=1S/C22H31NO4/c1-6-27-22-10-9-16(24)14(2)21(22)11-12-23(3)18(22)13-15-7-8-17(25-4)20(26-5)19(15)21/h7-8,14,18H,6,9-13H2,1-5H3/t14-,18?,21-,22-/m1/s1. The third-order valence-corrected chi connectivity index (χ3v) is 7.54. The van der Waals surface area contributed by atoms with E-state index in [0.717, 1.165) is 42.9 Å². The highest BCUT2D eigenvalue weighted by Gasteiger charge is 2.69. The Balaban J connectivity index is 2.07. The first-order valence-corrected chi connectivity index (χ1v) is 10.1. The lowest BCUT2D eigenvalue weighted by Gasteiger charge is -2.66. The van der Waals surface area contributed by atoms with Crippen LogP contribution in [0.15, 0.2) is 12.1 Å². The zero-order valence-electron chi connectivity index (χ0n) is 17.1. The Labute approximate surface area is 162 Å². The Hall–Kier alpha value is -1.59. The number of ketones is 1. The fourth-order valence-electron chi connectivity index (χ4n) is 6.41. The summed E-state index contributed by atoms with van der Waals surface area (Å²) in [5.74, 6) is 1.75. The third-order valence-electron chi connectivity index (χ3n) is 7.54. The maximum absolute atomic E-state index is 13.0. The molecule has 2 fully saturated rings. The number of rotatable bonds is 4. The van der Waals surface area contributed by atoms with Crippen LogP contribution in [0.1, 0.15) is 44.2 Å². The fraction of sp³-hybridized carbons (Fsp3) is 0.682. The zero-order chi connectivity index (χ0) is 19.4. The quantitative estimate of drug-likeness (QED) is 0.812. The van der Waals surface area contributed by atoms with Gasteiger partial charge in [0, 0.05) is 36.0 Å². The molecule has 1 saturated heterocycles. The van der Waals surface area contributed by atoms with Gasteiger partial charge in [0.15, 0.2) is 11.5 Å². The molecule has 3 aliphatic rings. The van der Waals surface area contributed by atoms with Gasteiger partial charge < -0.3 is 19.1 Å². The molecule has 0 radical (unpaired) electrons. The summed E-state index contributed by atoms with van der Waals surface area (Å²) < 4.78 is 18.2. The lowest BCUT2D eigenvalue weighted by molar-refractivity contribution is -0.207. The van der Waals surface area contributed by atoms with Crippen LogP contribution in [0.3, 0.4) is 0 Å². The van der Waals surface area contributed by atoms with Gasteiger partial charge in [0.1, 0.15) is 5.78 Å². The van der Waals surface area contributed by atoms with E-state index >= 15 is 0 Å². The molecule has 5 nitrogen and oxygen atoms in total. The number of hydrogen-bond donors (Lipinski definition) is 0. The molecule has 4 rings (SSSR count). The summed E-state index contributed by atoms with van der Waals surface area (Å²) in [6, 6.07) is 4.42. The molecule has 0 spiro atoms. The second-order valence-electron chi connectivity index (χ2n) is 8.27. The van der Waals surface area contributed by atoms with Crippen molar-refractivity contribution in [3.8, 4) is 11.5 Å². The van der Waals surface area contributed by atoms with Crippen LogP contribution in [0.2, 0.25) is 0 Å². The Morgan fingerprint density at radius 3 is 2.67 bits per heavy atom. The van der Waals surface area contributed by atoms with Crippen molar-refractivity contribution in [1.29, 1.82) is 0 Å². The maximum Gasteiger partial charge on any atom is 0.164 e. The molecule has 1 aromatic rings. The van der Waals surface area contributed by atoms with Gasteiger partial charge in [0.25, 0.3) is 0 Å². The van der Waals surface area contributed by atoms with E-state index < -0.39 is 0 Å². The summed E-state index contributed by atoms with van der Waals surface area (Å²) in [7, 11) is 5.57. The SMILES string of the molecule is CCO[C@@]12CCC(=O)[C@@H](C)[C@@]13CCN(C)C2Cc1ccc(OC)c(OC)c13. The first-order valence-electron chi connectivity index (χ1n) is 10.1. The van der Waals surface area contributed by atoms with Crippen molar-refractivity contribution in [2.45, 2.75) is 56.6 Å². The Bertz CT molecular complexity index is 763. The van der Waals surface area contributed by atoms with Crippen LogP contribution >= 0.6 is 0 Å². The van der Waals surface area contributed by atoms with E-state index in [1.807, 2.05) is 6.07 Å². The number of piperidine rings is 1. The molecule has 4 atom stereocenters. The van der Waals surface area contributed by atoms with E-state index in [0.29, 0.717) is 18.8 Å². The summed E-state index contributed by atoms with van der Waals surface area (Å²) in [5, 5.41) is 0. The number of ether oxygens (including phenoxy) is 3. The number of Topliss-reactive ketones (excluding diaryl/α,β-unsaturated/α-hetero) is 1. The lowest BCUT2D eigenvalue weighted by atomic mass is 9.45. The largest absolute Gasteiger partial charge is 0.493 e. The molecule has 0 aromatic heterocycles. The van der Waals surface area contributed by atoms with Gasteiger partial charge in [0.05, 0.1) is 19.8 Å². The predicted octanol–water partition coefficient (Wildman–Crippen LogP) is 2.98. The molecule has 5 heteroatoms. The van der Waals surface area contributed by atoms with Crippen LogP contribution < -0.4 is 9.47 Å². The normalized spacial score (nSPS) is 35.4. The van der Waals surface area contributed by atoms with Crippen LogP contribution in [-0.2, 0) is 21.4 Å². The van der Waals surface area contributed by atoms with Gasteiger partial charge >= 0.3 is 0 Å². The predicted molar refractivity (Wildman–Crippen MR) is 104 cm³/mol. The molecule has 1 aromatic carbocycles. The Morgan fingerprint density at radius 2 is 2.00 bits per heavy atom. The number of carbonyl (C=O) groups excluding carboxylic acids is 1. The van der Waals surface area contributed by atoms with Crippen molar-refractivity contribution in [3.63, 3.8) is 0 Å². The number of likely N-dealkylation sites (N-methyl/N-ethyl adjacent to an activating group) is 1. The molecule has 148 valence electrons. The zero-order valence-corrected chi connectivity index (χ0v) is 17.1. The number of fused-ring (bicyclic) bond motifs is 1. The van der Waals surface area contributed by atoms with E-state index in [1.165, 1.54) is 5.56 Å². The van der Waals surface area contributed by atoms with Gasteiger partial charge in [-0.2, -0.15) is 0 Å². The summed E-state index contributed by atoms with van der Waals surface area (Å²) in [4.78, 5) is 15.4. The summed E-state index contributed by atoms with van der Waals surface area (Å²) in [6.07, 6.45) is 3.17. The summed E-state index contributed by atoms with van der Waals surface area (Å²) in [5.41, 5.74) is 1.68. The van der Waals surface area contributed by atoms with Crippen LogP contribution in [0.25, 0.3) is 0 Å². The molecule has 1 unspecified atom stereocenters. The van der Waals surface area contributed by atoms with Gasteiger partial charge in [0.2, 0.25) is 0 Å². The summed E-state index contributed by atoms with van der Waals surface area (Å²) >= 11 is 0. The van der Waals surface area contributed by atoms with Crippen LogP contribution in [-0.4, -0.2) is 56.7 Å².